The third-order valence-electron chi connectivity index (χ3n) is 10.5. The summed E-state index contributed by atoms with van der Waals surface area (Å²) in [5, 5.41) is 19.0. The standard InChI is InChI=1S/C51H31N3/c52-32-33-21-23-34(24-22-33)37-15-10-16-39(29-37)49-31-48(36-12-2-1-3-13-36)53-51(54-49)46-28-27-44(42-19-8-9-20-43(42)46)50-41-18-7-5-14-38(41)30-47-40-17-6-4-11-35(40)25-26-45(47)50/h1-31H. The van der Waals surface area contributed by atoms with Gasteiger partial charge in [-0.05, 0) is 102 Å². The van der Waals surface area contributed by atoms with E-state index in [9.17, 15) is 5.26 Å². The van der Waals surface area contributed by atoms with E-state index in [4.69, 9.17) is 9.97 Å². The Morgan fingerprint density at radius 2 is 0.963 bits per heavy atom. The van der Waals surface area contributed by atoms with Crippen molar-refractivity contribution >= 4 is 43.1 Å². The molecule has 0 fully saturated rings. The number of nitriles is 1. The van der Waals surface area contributed by atoms with E-state index < -0.39 is 0 Å². The zero-order valence-corrected chi connectivity index (χ0v) is 29.2. The van der Waals surface area contributed by atoms with Gasteiger partial charge in [0, 0.05) is 16.7 Å². The van der Waals surface area contributed by atoms with Crippen molar-refractivity contribution in [1.29, 1.82) is 5.26 Å². The van der Waals surface area contributed by atoms with Gasteiger partial charge in [0.25, 0.3) is 0 Å². The summed E-state index contributed by atoms with van der Waals surface area (Å²) >= 11 is 0. The Bertz CT molecular complexity index is 3100. The highest BCUT2D eigenvalue weighted by molar-refractivity contribution is 6.22. The zero-order chi connectivity index (χ0) is 36.0. The van der Waals surface area contributed by atoms with E-state index in [1.165, 1.54) is 43.4 Å². The Hall–Kier alpha value is -7.41. The van der Waals surface area contributed by atoms with Gasteiger partial charge in [-0.3, -0.25) is 0 Å². The molecule has 0 atom stereocenters. The summed E-state index contributed by atoms with van der Waals surface area (Å²) in [5.74, 6) is 0.673. The topological polar surface area (TPSA) is 49.6 Å². The molecule has 0 spiro atoms. The van der Waals surface area contributed by atoms with Crippen LogP contribution in [0.2, 0.25) is 0 Å². The van der Waals surface area contributed by atoms with E-state index >= 15 is 0 Å². The largest absolute Gasteiger partial charge is 0.228 e. The van der Waals surface area contributed by atoms with Crippen molar-refractivity contribution in [3.63, 3.8) is 0 Å². The average Bonchev–Trinajstić information content (AvgIpc) is 3.25. The first kappa shape index (κ1) is 31.3. The summed E-state index contributed by atoms with van der Waals surface area (Å²) in [6.45, 7) is 0. The van der Waals surface area contributed by atoms with E-state index in [0.717, 1.165) is 50.0 Å². The van der Waals surface area contributed by atoms with Crippen LogP contribution in [0.3, 0.4) is 0 Å². The minimum absolute atomic E-state index is 0.642. The number of fused-ring (bicyclic) bond motifs is 5. The molecule has 54 heavy (non-hydrogen) atoms. The molecule has 0 saturated carbocycles. The molecule has 1 heterocycles. The molecule has 3 heteroatoms. The van der Waals surface area contributed by atoms with Crippen LogP contribution in [0.4, 0.5) is 0 Å². The van der Waals surface area contributed by atoms with Crippen molar-refractivity contribution in [2.45, 2.75) is 0 Å². The minimum Gasteiger partial charge on any atom is -0.228 e. The van der Waals surface area contributed by atoms with Crippen molar-refractivity contribution < 1.29 is 0 Å². The molecule has 10 aromatic rings. The van der Waals surface area contributed by atoms with Gasteiger partial charge in [-0.1, -0.05) is 152 Å². The third-order valence-corrected chi connectivity index (χ3v) is 10.5. The lowest BCUT2D eigenvalue weighted by Crippen LogP contribution is -1.97. The number of benzene rings is 9. The van der Waals surface area contributed by atoms with Gasteiger partial charge in [-0.2, -0.15) is 5.26 Å². The van der Waals surface area contributed by atoms with E-state index in [-0.39, 0.29) is 0 Å². The molecule has 250 valence electrons. The molecular formula is C51H31N3. The quantitative estimate of drug-likeness (QED) is 0.134. The van der Waals surface area contributed by atoms with Crippen LogP contribution in [-0.4, -0.2) is 9.97 Å². The Kier molecular flexibility index (Phi) is 7.53. The molecule has 0 aliphatic carbocycles. The summed E-state index contributed by atoms with van der Waals surface area (Å²) in [4.78, 5) is 10.5. The molecule has 10 rings (SSSR count). The summed E-state index contributed by atoms with van der Waals surface area (Å²) in [5.41, 5.74) is 9.86. The molecule has 0 saturated heterocycles. The molecule has 0 radical (unpaired) electrons. The van der Waals surface area contributed by atoms with Crippen LogP contribution < -0.4 is 0 Å². The highest BCUT2D eigenvalue weighted by Crippen LogP contribution is 2.43. The van der Waals surface area contributed by atoms with Gasteiger partial charge in [-0.25, -0.2) is 9.97 Å². The Labute approximate surface area is 313 Å². The van der Waals surface area contributed by atoms with Gasteiger partial charge in [0.15, 0.2) is 5.82 Å². The fourth-order valence-corrected chi connectivity index (χ4v) is 7.89. The number of hydrogen-bond donors (Lipinski definition) is 0. The fraction of sp³-hybridized carbons (Fsp3) is 0. The third kappa shape index (κ3) is 5.37. The normalized spacial score (nSPS) is 11.3. The van der Waals surface area contributed by atoms with Gasteiger partial charge >= 0.3 is 0 Å². The molecule has 0 aliphatic heterocycles. The maximum Gasteiger partial charge on any atom is 0.161 e. The van der Waals surface area contributed by atoms with Gasteiger partial charge < -0.3 is 0 Å². The van der Waals surface area contributed by atoms with Crippen LogP contribution in [-0.2, 0) is 0 Å². The van der Waals surface area contributed by atoms with Gasteiger partial charge in [0.1, 0.15) is 0 Å². The first-order valence-electron chi connectivity index (χ1n) is 18.1. The lowest BCUT2D eigenvalue weighted by molar-refractivity contribution is 1.19. The predicted molar refractivity (Wildman–Crippen MR) is 224 cm³/mol. The van der Waals surface area contributed by atoms with Crippen molar-refractivity contribution in [2.24, 2.45) is 0 Å². The van der Waals surface area contributed by atoms with E-state index in [2.05, 4.69) is 152 Å². The Morgan fingerprint density at radius 3 is 1.74 bits per heavy atom. The molecular weight excluding hydrogens is 655 g/mol. The number of nitrogens with zero attached hydrogens (tertiary/aromatic N) is 3. The summed E-state index contributed by atoms with van der Waals surface area (Å²) in [6.07, 6.45) is 0. The second kappa shape index (κ2) is 13.0. The average molecular weight is 686 g/mol. The smallest absolute Gasteiger partial charge is 0.161 e. The minimum atomic E-state index is 0.642. The number of hydrogen-bond acceptors (Lipinski definition) is 3. The van der Waals surface area contributed by atoms with Gasteiger partial charge in [0.2, 0.25) is 0 Å². The van der Waals surface area contributed by atoms with Crippen molar-refractivity contribution in [2.75, 3.05) is 0 Å². The van der Waals surface area contributed by atoms with Crippen molar-refractivity contribution in [1.82, 2.24) is 9.97 Å². The second-order valence-corrected chi connectivity index (χ2v) is 13.7. The molecule has 1 aromatic heterocycles. The number of rotatable bonds is 5. The van der Waals surface area contributed by atoms with Crippen LogP contribution in [0, 0.1) is 11.3 Å². The highest BCUT2D eigenvalue weighted by Gasteiger charge is 2.18. The van der Waals surface area contributed by atoms with Crippen molar-refractivity contribution in [3.8, 4) is 62.2 Å². The van der Waals surface area contributed by atoms with Crippen molar-refractivity contribution in [3.05, 3.63) is 194 Å². The van der Waals surface area contributed by atoms with Crippen LogP contribution in [0.1, 0.15) is 5.56 Å². The molecule has 0 amide bonds. The monoisotopic (exact) mass is 685 g/mol. The first-order valence-corrected chi connectivity index (χ1v) is 18.1. The highest BCUT2D eigenvalue weighted by atomic mass is 14.9. The molecule has 0 unspecified atom stereocenters. The summed E-state index contributed by atoms with van der Waals surface area (Å²) < 4.78 is 0. The van der Waals surface area contributed by atoms with Crippen LogP contribution in [0.15, 0.2) is 188 Å². The molecule has 0 bridgehead atoms. The predicted octanol–water partition coefficient (Wildman–Crippen LogP) is 13.3. The molecule has 0 aliphatic rings. The van der Waals surface area contributed by atoms with E-state index in [0.29, 0.717) is 11.4 Å². The second-order valence-electron chi connectivity index (χ2n) is 13.7. The first-order chi connectivity index (χ1) is 26.7. The fourth-order valence-electron chi connectivity index (χ4n) is 7.89. The van der Waals surface area contributed by atoms with Gasteiger partial charge in [-0.15, -0.1) is 0 Å². The zero-order valence-electron chi connectivity index (χ0n) is 29.2. The Balaban J connectivity index is 1.19. The maximum absolute atomic E-state index is 9.33. The van der Waals surface area contributed by atoms with Gasteiger partial charge in [0.05, 0.1) is 23.0 Å². The lowest BCUT2D eigenvalue weighted by Gasteiger charge is -2.17. The molecule has 3 nitrogen and oxygen atoms in total. The number of aromatic nitrogens is 2. The molecule has 9 aromatic carbocycles. The van der Waals surface area contributed by atoms with Crippen LogP contribution >= 0.6 is 0 Å². The van der Waals surface area contributed by atoms with Crippen LogP contribution in [0.5, 0.6) is 0 Å². The maximum atomic E-state index is 9.33. The molecule has 0 N–H and O–H groups in total. The van der Waals surface area contributed by atoms with Crippen LogP contribution in [0.25, 0.3) is 99.2 Å². The van der Waals surface area contributed by atoms with E-state index in [1.807, 2.05) is 42.5 Å². The summed E-state index contributed by atoms with van der Waals surface area (Å²) in [6, 6.07) is 68.1. The SMILES string of the molecule is N#Cc1ccc(-c2cccc(-c3cc(-c4ccccc4)nc(-c4ccc(-c5c6ccccc6cc6c5ccc5ccccc56)c5ccccc45)n3)c2)cc1. The Morgan fingerprint density at radius 1 is 0.352 bits per heavy atom. The van der Waals surface area contributed by atoms with E-state index in [1.54, 1.807) is 0 Å². The summed E-state index contributed by atoms with van der Waals surface area (Å²) in [7, 11) is 0. The lowest BCUT2D eigenvalue weighted by atomic mass is 9.87.